The Balaban J connectivity index is 1.76. The lowest BCUT2D eigenvalue weighted by Crippen LogP contribution is -2.26. The molecule has 1 saturated heterocycles. The zero-order chi connectivity index (χ0) is 15.5. The molecule has 1 aliphatic heterocycles. The van der Waals surface area contributed by atoms with Gasteiger partial charge in [-0.3, -0.25) is 9.69 Å². The van der Waals surface area contributed by atoms with E-state index in [9.17, 15) is 4.79 Å². The summed E-state index contributed by atoms with van der Waals surface area (Å²) in [5, 5.41) is 18.5. The van der Waals surface area contributed by atoms with Crippen LogP contribution in [0.4, 0.5) is 5.13 Å². The Hall–Kier alpha value is -2.30. The van der Waals surface area contributed by atoms with Crippen molar-refractivity contribution in [3.8, 4) is 6.07 Å². The first kappa shape index (κ1) is 14.6. The first-order valence-electron chi connectivity index (χ1n) is 6.88. The van der Waals surface area contributed by atoms with E-state index in [1.54, 1.807) is 31.3 Å². The van der Waals surface area contributed by atoms with Crippen molar-refractivity contribution in [1.29, 1.82) is 5.26 Å². The topological polar surface area (TPSA) is 79.1 Å². The van der Waals surface area contributed by atoms with Crippen LogP contribution in [0.3, 0.4) is 0 Å². The molecule has 7 heteroatoms. The Morgan fingerprint density at radius 1 is 1.41 bits per heavy atom. The molecule has 0 unspecified atom stereocenters. The number of ether oxygens (including phenoxy) is 1. The highest BCUT2D eigenvalue weighted by atomic mass is 32.1. The molecule has 0 saturated carbocycles. The van der Waals surface area contributed by atoms with Crippen molar-refractivity contribution < 1.29 is 9.53 Å². The minimum atomic E-state index is -0.171. The number of carbonyl (C=O) groups excluding carboxylic acids is 1. The van der Waals surface area contributed by atoms with Gasteiger partial charge in [0.1, 0.15) is 5.01 Å². The molecule has 2 heterocycles. The van der Waals surface area contributed by atoms with Crippen molar-refractivity contribution in [3.05, 3.63) is 40.4 Å². The van der Waals surface area contributed by atoms with Crippen LogP contribution in [0.1, 0.15) is 33.3 Å². The number of nitrogens with zero attached hydrogens (tertiary/aromatic N) is 4. The van der Waals surface area contributed by atoms with Gasteiger partial charge in [-0.2, -0.15) is 5.26 Å². The van der Waals surface area contributed by atoms with Crippen LogP contribution in [-0.4, -0.2) is 36.4 Å². The zero-order valence-corrected chi connectivity index (χ0v) is 12.8. The van der Waals surface area contributed by atoms with E-state index >= 15 is 0 Å². The zero-order valence-electron chi connectivity index (χ0n) is 12.0. The standard InChI is InChI=1S/C15H14N4O2S/c1-19(14(20)11-4-2-10(8-16)3-5-11)15-18-17-13(22-15)12-6-7-21-9-12/h2-5,12H,6-7,9H2,1H3/t12-/m0/s1. The summed E-state index contributed by atoms with van der Waals surface area (Å²) in [5.41, 5.74) is 1.04. The molecular weight excluding hydrogens is 300 g/mol. The molecule has 1 atom stereocenters. The molecule has 0 bridgehead atoms. The summed E-state index contributed by atoms with van der Waals surface area (Å²) in [4.78, 5) is 13.9. The van der Waals surface area contributed by atoms with Crippen molar-refractivity contribution in [3.63, 3.8) is 0 Å². The summed E-state index contributed by atoms with van der Waals surface area (Å²) in [7, 11) is 1.68. The van der Waals surface area contributed by atoms with Crippen LogP contribution in [0.2, 0.25) is 0 Å². The molecule has 1 aromatic heterocycles. The third-order valence-electron chi connectivity index (χ3n) is 3.56. The van der Waals surface area contributed by atoms with E-state index in [-0.39, 0.29) is 11.8 Å². The van der Waals surface area contributed by atoms with Gasteiger partial charge in [-0.25, -0.2) is 0 Å². The van der Waals surface area contributed by atoms with Crippen LogP contribution in [0.15, 0.2) is 24.3 Å². The predicted molar refractivity (Wildman–Crippen MR) is 82.0 cm³/mol. The van der Waals surface area contributed by atoms with Crippen LogP contribution in [0, 0.1) is 11.3 Å². The third kappa shape index (κ3) is 2.84. The van der Waals surface area contributed by atoms with Gasteiger partial charge in [-0.15, -0.1) is 10.2 Å². The van der Waals surface area contributed by atoms with Crippen molar-refractivity contribution >= 4 is 22.4 Å². The van der Waals surface area contributed by atoms with Crippen molar-refractivity contribution in [2.45, 2.75) is 12.3 Å². The van der Waals surface area contributed by atoms with Gasteiger partial charge in [0.25, 0.3) is 5.91 Å². The smallest absolute Gasteiger partial charge is 0.259 e. The van der Waals surface area contributed by atoms with Gasteiger partial charge in [0.15, 0.2) is 0 Å². The van der Waals surface area contributed by atoms with Gasteiger partial charge < -0.3 is 4.74 Å². The Morgan fingerprint density at radius 2 is 2.18 bits per heavy atom. The summed E-state index contributed by atoms with van der Waals surface area (Å²) in [5.74, 6) is 0.111. The minimum absolute atomic E-state index is 0.171. The van der Waals surface area contributed by atoms with Gasteiger partial charge >= 0.3 is 0 Å². The lowest BCUT2D eigenvalue weighted by molar-refractivity contribution is 0.0993. The Morgan fingerprint density at radius 3 is 2.82 bits per heavy atom. The highest BCUT2D eigenvalue weighted by Crippen LogP contribution is 2.31. The number of hydrogen-bond acceptors (Lipinski definition) is 6. The summed E-state index contributed by atoms with van der Waals surface area (Å²) >= 11 is 1.42. The first-order valence-corrected chi connectivity index (χ1v) is 7.70. The number of rotatable bonds is 3. The van der Waals surface area contributed by atoms with Crippen LogP contribution in [0.25, 0.3) is 0 Å². The van der Waals surface area contributed by atoms with Crippen molar-refractivity contribution in [2.24, 2.45) is 0 Å². The van der Waals surface area contributed by atoms with E-state index in [0.717, 1.165) is 18.0 Å². The van der Waals surface area contributed by atoms with E-state index < -0.39 is 0 Å². The molecule has 1 fully saturated rings. The largest absolute Gasteiger partial charge is 0.381 e. The van der Waals surface area contributed by atoms with Gasteiger partial charge in [0.2, 0.25) is 5.13 Å². The monoisotopic (exact) mass is 314 g/mol. The maximum absolute atomic E-state index is 12.4. The van der Waals surface area contributed by atoms with Gasteiger partial charge in [-0.1, -0.05) is 11.3 Å². The summed E-state index contributed by atoms with van der Waals surface area (Å²) < 4.78 is 5.35. The number of benzene rings is 1. The minimum Gasteiger partial charge on any atom is -0.381 e. The quantitative estimate of drug-likeness (QED) is 0.867. The summed E-state index contributed by atoms with van der Waals surface area (Å²) in [6.07, 6.45) is 0.946. The molecule has 0 aliphatic carbocycles. The molecule has 22 heavy (non-hydrogen) atoms. The maximum Gasteiger partial charge on any atom is 0.259 e. The molecule has 2 aromatic rings. The fourth-order valence-corrected chi connectivity index (χ4v) is 3.15. The lowest BCUT2D eigenvalue weighted by atomic mass is 10.1. The molecule has 1 amide bonds. The number of hydrogen-bond donors (Lipinski definition) is 0. The fraction of sp³-hybridized carbons (Fsp3) is 0.333. The highest BCUT2D eigenvalue weighted by molar-refractivity contribution is 7.15. The van der Waals surface area contributed by atoms with E-state index in [2.05, 4.69) is 10.2 Å². The number of carbonyl (C=O) groups is 1. The van der Waals surface area contributed by atoms with E-state index in [4.69, 9.17) is 10.00 Å². The van der Waals surface area contributed by atoms with E-state index in [1.807, 2.05) is 6.07 Å². The number of aromatic nitrogens is 2. The predicted octanol–water partition coefficient (Wildman–Crippen LogP) is 2.19. The average Bonchev–Trinajstić information content (AvgIpc) is 3.24. The molecule has 3 rings (SSSR count). The molecule has 1 aromatic carbocycles. The molecule has 112 valence electrons. The fourth-order valence-electron chi connectivity index (χ4n) is 2.22. The molecule has 6 nitrogen and oxygen atoms in total. The number of nitriles is 1. The van der Waals surface area contributed by atoms with Crippen LogP contribution < -0.4 is 4.90 Å². The van der Waals surface area contributed by atoms with Gasteiger partial charge in [-0.05, 0) is 30.7 Å². The third-order valence-corrected chi connectivity index (χ3v) is 4.72. The second kappa shape index (κ2) is 6.22. The van der Waals surface area contributed by atoms with E-state index in [1.165, 1.54) is 16.2 Å². The molecule has 0 radical (unpaired) electrons. The first-order chi connectivity index (χ1) is 10.7. The van der Waals surface area contributed by atoms with Gasteiger partial charge in [0, 0.05) is 25.1 Å². The second-order valence-electron chi connectivity index (χ2n) is 5.04. The second-order valence-corrected chi connectivity index (χ2v) is 6.02. The summed E-state index contributed by atoms with van der Waals surface area (Å²) in [6.45, 7) is 1.42. The molecule has 0 spiro atoms. The highest BCUT2D eigenvalue weighted by Gasteiger charge is 2.24. The Labute approximate surface area is 132 Å². The maximum atomic E-state index is 12.4. The summed E-state index contributed by atoms with van der Waals surface area (Å²) in [6, 6.07) is 8.57. The Kier molecular flexibility index (Phi) is 4.13. The van der Waals surface area contributed by atoms with Crippen LogP contribution >= 0.6 is 11.3 Å². The lowest BCUT2D eigenvalue weighted by Gasteiger charge is -2.13. The van der Waals surface area contributed by atoms with E-state index in [0.29, 0.717) is 22.9 Å². The number of amides is 1. The van der Waals surface area contributed by atoms with Crippen molar-refractivity contribution in [1.82, 2.24) is 10.2 Å². The molecular formula is C15H14N4O2S. The Bertz CT molecular complexity index is 714. The number of anilines is 1. The van der Waals surface area contributed by atoms with Crippen molar-refractivity contribution in [2.75, 3.05) is 25.2 Å². The molecule has 1 aliphatic rings. The average molecular weight is 314 g/mol. The normalized spacial score (nSPS) is 17.2. The SMILES string of the molecule is CN(C(=O)c1ccc(C#N)cc1)c1nnc([C@H]2CCOC2)s1. The van der Waals surface area contributed by atoms with Crippen LogP contribution in [0.5, 0.6) is 0 Å². The van der Waals surface area contributed by atoms with Gasteiger partial charge in [0.05, 0.1) is 18.2 Å². The van der Waals surface area contributed by atoms with Crippen LogP contribution in [-0.2, 0) is 4.74 Å². The molecule has 0 N–H and O–H groups in total.